The minimum Gasteiger partial charge on any atom is -0.478 e. The first-order chi connectivity index (χ1) is 8.52. The highest BCUT2D eigenvalue weighted by Gasteiger charge is 2.19. The van der Waals surface area contributed by atoms with Gasteiger partial charge in [0.25, 0.3) is 0 Å². The van der Waals surface area contributed by atoms with Crippen molar-refractivity contribution in [1.29, 1.82) is 0 Å². The Morgan fingerprint density at radius 3 is 2.50 bits per heavy atom. The fourth-order valence-electron chi connectivity index (χ4n) is 1.48. The van der Waals surface area contributed by atoms with Gasteiger partial charge in [-0.05, 0) is 18.2 Å². The summed E-state index contributed by atoms with van der Waals surface area (Å²) in [5.74, 6) is -5.14. The summed E-state index contributed by atoms with van der Waals surface area (Å²) in [4.78, 5) is 14.3. The van der Waals surface area contributed by atoms with Crippen LogP contribution in [0.3, 0.4) is 0 Å². The first-order valence-electron chi connectivity index (χ1n) is 4.84. The molecule has 2 aromatic rings. The number of carboxylic acid groups (broad SMARTS) is 1. The number of pyridine rings is 1. The molecule has 0 radical (unpaired) electrons. The SMILES string of the molecule is O=C(O)c1ccnc(-c2cccc(F)c2F)c1F. The van der Waals surface area contributed by atoms with Crippen LogP contribution in [0.15, 0.2) is 30.5 Å². The molecule has 3 nitrogen and oxygen atoms in total. The summed E-state index contributed by atoms with van der Waals surface area (Å²) in [7, 11) is 0. The molecule has 92 valence electrons. The minimum absolute atomic E-state index is 0.421. The summed E-state index contributed by atoms with van der Waals surface area (Å²) in [6.07, 6.45) is 1.02. The Labute approximate surface area is 99.5 Å². The Morgan fingerprint density at radius 2 is 1.83 bits per heavy atom. The number of carboxylic acids is 1. The summed E-state index contributed by atoms with van der Waals surface area (Å²) >= 11 is 0. The number of hydrogen-bond donors (Lipinski definition) is 1. The Balaban J connectivity index is 2.69. The highest BCUT2D eigenvalue weighted by Crippen LogP contribution is 2.26. The van der Waals surface area contributed by atoms with E-state index >= 15 is 0 Å². The predicted molar refractivity (Wildman–Crippen MR) is 56.5 cm³/mol. The summed E-state index contributed by atoms with van der Waals surface area (Å²) in [5, 5.41) is 8.73. The molecule has 1 aromatic carbocycles. The molecular weight excluding hydrogens is 247 g/mol. The van der Waals surface area contributed by atoms with Crippen LogP contribution >= 0.6 is 0 Å². The van der Waals surface area contributed by atoms with Crippen LogP contribution < -0.4 is 0 Å². The fraction of sp³-hybridized carbons (Fsp3) is 0. The average Bonchev–Trinajstić information content (AvgIpc) is 2.33. The molecule has 0 saturated heterocycles. The third-order valence-corrected chi connectivity index (χ3v) is 2.33. The van der Waals surface area contributed by atoms with E-state index < -0.39 is 40.2 Å². The maximum Gasteiger partial charge on any atom is 0.338 e. The second-order valence-corrected chi connectivity index (χ2v) is 3.43. The van der Waals surface area contributed by atoms with Gasteiger partial charge in [0.2, 0.25) is 0 Å². The fourth-order valence-corrected chi connectivity index (χ4v) is 1.48. The van der Waals surface area contributed by atoms with Gasteiger partial charge >= 0.3 is 5.97 Å². The number of hydrogen-bond acceptors (Lipinski definition) is 2. The third-order valence-electron chi connectivity index (χ3n) is 2.33. The summed E-state index contributed by atoms with van der Waals surface area (Å²) in [6.45, 7) is 0. The molecule has 0 spiro atoms. The number of carbonyl (C=O) groups is 1. The zero-order valence-corrected chi connectivity index (χ0v) is 8.82. The van der Waals surface area contributed by atoms with E-state index in [0.29, 0.717) is 0 Å². The molecule has 0 aliphatic rings. The minimum atomic E-state index is -1.51. The van der Waals surface area contributed by atoms with Gasteiger partial charge < -0.3 is 5.11 Å². The lowest BCUT2D eigenvalue weighted by Gasteiger charge is -2.06. The van der Waals surface area contributed by atoms with Crippen molar-refractivity contribution >= 4 is 5.97 Å². The van der Waals surface area contributed by atoms with Crippen molar-refractivity contribution in [1.82, 2.24) is 4.98 Å². The molecule has 2 rings (SSSR count). The van der Waals surface area contributed by atoms with Crippen LogP contribution in [0.5, 0.6) is 0 Å². The number of nitrogens with zero attached hydrogens (tertiary/aromatic N) is 1. The predicted octanol–water partition coefficient (Wildman–Crippen LogP) is 2.86. The molecule has 0 atom stereocenters. The lowest BCUT2D eigenvalue weighted by molar-refractivity contribution is 0.0692. The van der Waals surface area contributed by atoms with Gasteiger partial charge in [-0.15, -0.1) is 0 Å². The Hall–Kier alpha value is -2.37. The van der Waals surface area contributed by atoms with Crippen molar-refractivity contribution in [2.75, 3.05) is 0 Å². The molecule has 0 unspecified atom stereocenters. The maximum absolute atomic E-state index is 13.8. The van der Waals surface area contributed by atoms with Crippen molar-refractivity contribution in [2.45, 2.75) is 0 Å². The molecule has 0 saturated carbocycles. The molecule has 0 fully saturated rings. The molecule has 0 amide bonds. The second kappa shape index (κ2) is 4.48. The van der Waals surface area contributed by atoms with E-state index in [1.807, 2.05) is 0 Å². The summed E-state index contributed by atoms with van der Waals surface area (Å²) < 4.78 is 40.3. The van der Waals surface area contributed by atoms with Crippen molar-refractivity contribution in [2.24, 2.45) is 0 Å². The smallest absolute Gasteiger partial charge is 0.338 e. The molecule has 1 heterocycles. The van der Waals surface area contributed by atoms with Crippen LogP contribution in [-0.4, -0.2) is 16.1 Å². The zero-order chi connectivity index (χ0) is 13.3. The molecule has 0 bridgehead atoms. The number of halogens is 3. The number of aromatic carboxylic acids is 1. The van der Waals surface area contributed by atoms with E-state index in [9.17, 15) is 18.0 Å². The first kappa shape index (κ1) is 12.1. The van der Waals surface area contributed by atoms with E-state index in [1.165, 1.54) is 6.07 Å². The molecule has 1 aromatic heterocycles. The van der Waals surface area contributed by atoms with Gasteiger partial charge in [-0.1, -0.05) is 6.07 Å². The van der Waals surface area contributed by atoms with Gasteiger partial charge in [0, 0.05) is 11.8 Å². The molecule has 0 aliphatic heterocycles. The normalized spacial score (nSPS) is 10.4. The number of rotatable bonds is 2. The van der Waals surface area contributed by atoms with E-state index in [-0.39, 0.29) is 0 Å². The van der Waals surface area contributed by atoms with E-state index in [1.54, 1.807) is 0 Å². The number of aromatic nitrogens is 1. The van der Waals surface area contributed by atoms with Gasteiger partial charge in [0.1, 0.15) is 5.69 Å². The lowest BCUT2D eigenvalue weighted by atomic mass is 10.1. The third kappa shape index (κ3) is 1.92. The Morgan fingerprint density at radius 1 is 1.11 bits per heavy atom. The molecular formula is C12H6F3NO2. The van der Waals surface area contributed by atoms with Crippen LogP contribution in [0.25, 0.3) is 11.3 Å². The van der Waals surface area contributed by atoms with Crippen molar-refractivity contribution < 1.29 is 23.1 Å². The van der Waals surface area contributed by atoms with Gasteiger partial charge in [-0.3, -0.25) is 4.98 Å². The molecule has 6 heteroatoms. The van der Waals surface area contributed by atoms with E-state index in [0.717, 1.165) is 24.4 Å². The Kier molecular flexibility index (Phi) is 3.01. The molecule has 18 heavy (non-hydrogen) atoms. The second-order valence-electron chi connectivity index (χ2n) is 3.43. The maximum atomic E-state index is 13.8. The lowest BCUT2D eigenvalue weighted by Crippen LogP contribution is -2.04. The van der Waals surface area contributed by atoms with Crippen LogP contribution in [0.1, 0.15) is 10.4 Å². The molecule has 0 aliphatic carbocycles. The quantitative estimate of drug-likeness (QED) is 0.895. The topological polar surface area (TPSA) is 50.2 Å². The number of benzene rings is 1. The monoisotopic (exact) mass is 253 g/mol. The van der Waals surface area contributed by atoms with Gasteiger partial charge in [0.15, 0.2) is 17.5 Å². The largest absolute Gasteiger partial charge is 0.478 e. The van der Waals surface area contributed by atoms with Crippen molar-refractivity contribution in [3.63, 3.8) is 0 Å². The van der Waals surface area contributed by atoms with Crippen molar-refractivity contribution in [3.8, 4) is 11.3 Å². The Bertz CT molecular complexity index is 629. The van der Waals surface area contributed by atoms with Crippen molar-refractivity contribution in [3.05, 3.63) is 53.5 Å². The van der Waals surface area contributed by atoms with Gasteiger partial charge in [0.05, 0.1) is 5.56 Å². The average molecular weight is 253 g/mol. The first-order valence-corrected chi connectivity index (χ1v) is 4.84. The van der Waals surface area contributed by atoms with Crippen LogP contribution in [-0.2, 0) is 0 Å². The zero-order valence-electron chi connectivity index (χ0n) is 8.82. The van der Waals surface area contributed by atoms with Gasteiger partial charge in [-0.25, -0.2) is 18.0 Å². The highest BCUT2D eigenvalue weighted by molar-refractivity contribution is 5.89. The molecule has 1 N–H and O–H groups in total. The standard InChI is InChI=1S/C12H6F3NO2/c13-8-3-1-2-6(9(8)14)11-10(15)7(12(17)18)4-5-16-11/h1-5H,(H,17,18). The van der Waals surface area contributed by atoms with Gasteiger partial charge in [-0.2, -0.15) is 0 Å². The summed E-state index contributed by atoms with van der Waals surface area (Å²) in [6, 6.07) is 4.12. The summed E-state index contributed by atoms with van der Waals surface area (Å²) in [5.41, 5.74) is -1.61. The van der Waals surface area contributed by atoms with Crippen LogP contribution in [0.2, 0.25) is 0 Å². The van der Waals surface area contributed by atoms with E-state index in [2.05, 4.69) is 4.98 Å². The van der Waals surface area contributed by atoms with Crippen LogP contribution in [0, 0.1) is 17.5 Å². The highest BCUT2D eigenvalue weighted by atomic mass is 19.2. The van der Waals surface area contributed by atoms with Crippen LogP contribution in [0.4, 0.5) is 13.2 Å². The van der Waals surface area contributed by atoms with E-state index in [4.69, 9.17) is 5.11 Å².